The molecule has 1 aromatic heterocycles. The third-order valence-corrected chi connectivity index (χ3v) is 7.96. The van der Waals surface area contributed by atoms with Crippen LogP contribution in [-0.2, 0) is 16.0 Å². The van der Waals surface area contributed by atoms with Crippen molar-refractivity contribution >= 4 is 28.8 Å². The van der Waals surface area contributed by atoms with Crippen LogP contribution >= 0.6 is 0 Å². The Kier molecular flexibility index (Phi) is 6.71. The maximum Gasteiger partial charge on any atom is 0.414 e. The van der Waals surface area contributed by atoms with E-state index in [1.165, 1.54) is 7.11 Å². The molecule has 1 aliphatic heterocycles. The van der Waals surface area contributed by atoms with Crippen molar-refractivity contribution in [1.29, 1.82) is 0 Å². The Morgan fingerprint density at radius 1 is 1.08 bits per heavy atom. The van der Waals surface area contributed by atoms with Gasteiger partial charge < -0.3 is 19.5 Å². The van der Waals surface area contributed by atoms with Gasteiger partial charge in [0.25, 0.3) is 0 Å². The van der Waals surface area contributed by atoms with E-state index >= 15 is 0 Å². The van der Waals surface area contributed by atoms with Crippen LogP contribution in [0.2, 0.25) is 0 Å². The van der Waals surface area contributed by atoms with Gasteiger partial charge in [-0.25, -0.2) is 9.78 Å². The lowest BCUT2D eigenvalue weighted by molar-refractivity contribution is -0.143. The van der Waals surface area contributed by atoms with E-state index in [4.69, 9.17) is 9.72 Å². The third kappa shape index (κ3) is 4.13. The highest BCUT2D eigenvalue weighted by Crippen LogP contribution is 2.42. The maximum absolute atomic E-state index is 12.6. The number of aliphatic hydroxyl groups excluding tert-OH is 1. The number of methoxy groups -OCH3 is 1. The molecule has 190 valence electrons. The lowest BCUT2D eigenvalue weighted by atomic mass is 9.85. The van der Waals surface area contributed by atoms with Crippen LogP contribution in [-0.4, -0.2) is 51.6 Å². The number of carboxylic acids is 1. The monoisotopic (exact) mass is 491 g/mol. The fraction of sp³-hybridized carbons (Fsp3) is 0.464. The molecule has 1 saturated carbocycles. The largest absolute Gasteiger partial charge is 0.481 e. The quantitative estimate of drug-likeness (QED) is 0.527. The zero-order valence-corrected chi connectivity index (χ0v) is 20.8. The van der Waals surface area contributed by atoms with Gasteiger partial charge in [-0.3, -0.25) is 9.69 Å². The first-order valence-electron chi connectivity index (χ1n) is 12.7. The molecule has 2 aliphatic rings. The Morgan fingerprint density at radius 2 is 1.81 bits per heavy atom. The van der Waals surface area contributed by atoms with Crippen LogP contribution in [0.3, 0.4) is 0 Å². The number of hydrogen-bond acceptors (Lipinski definition) is 5. The van der Waals surface area contributed by atoms with Crippen molar-refractivity contribution in [1.82, 2.24) is 9.55 Å². The normalized spacial score (nSPS) is 22.8. The van der Waals surface area contributed by atoms with Crippen molar-refractivity contribution in [2.45, 2.75) is 63.5 Å². The van der Waals surface area contributed by atoms with Crippen molar-refractivity contribution < 1.29 is 24.5 Å². The van der Waals surface area contributed by atoms with E-state index in [1.54, 1.807) is 4.90 Å². The molecule has 0 saturated heterocycles. The molecule has 8 heteroatoms. The number of rotatable bonds is 5. The Labute approximate surface area is 210 Å². The van der Waals surface area contributed by atoms with Gasteiger partial charge in [0.2, 0.25) is 0 Å². The van der Waals surface area contributed by atoms with Crippen LogP contribution in [0.1, 0.15) is 67.9 Å². The molecule has 0 spiro atoms. The topological polar surface area (TPSA) is 105 Å². The van der Waals surface area contributed by atoms with Crippen LogP contribution in [0, 0.1) is 5.92 Å². The van der Waals surface area contributed by atoms with Gasteiger partial charge in [0.05, 0.1) is 42.3 Å². The standard InChI is InChI=1S/C28H33N3O5/c1-17-8-13-21-23(30(17)28(35)36-2)14-15-24-25(21)29-26(22(16-32)18-6-4-3-5-7-18)31(24)20-11-9-19(10-12-20)27(33)34/h3-7,14-15,17,19-20,22,32H,8-13,16H2,1-2H3,(H,33,34)/t17-,19?,20?,22-/m0/s1. The molecular formula is C28H33N3O5. The summed E-state index contributed by atoms with van der Waals surface area (Å²) in [6.45, 7) is 1.93. The number of ether oxygens (including phenoxy) is 1. The summed E-state index contributed by atoms with van der Waals surface area (Å²) < 4.78 is 7.31. The number of benzene rings is 2. The fourth-order valence-corrected chi connectivity index (χ4v) is 6.02. The predicted molar refractivity (Wildman–Crippen MR) is 136 cm³/mol. The van der Waals surface area contributed by atoms with Gasteiger partial charge in [0, 0.05) is 17.6 Å². The minimum atomic E-state index is -0.729. The van der Waals surface area contributed by atoms with Crippen molar-refractivity contribution in [3.8, 4) is 0 Å². The van der Waals surface area contributed by atoms with Crippen LogP contribution in [0.15, 0.2) is 42.5 Å². The molecule has 3 aromatic rings. The molecule has 2 N–H and O–H groups in total. The number of carbonyl (C=O) groups is 2. The molecule has 8 nitrogen and oxygen atoms in total. The lowest BCUT2D eigenvalue weighted by Crippen LogP contribution is -2.42. The summed E-state index contributed by atoms with van der Waals surface area (Å²) in [5.74, 6) is -0.572. The Hall–Kier alpha value is -3.39. The van der Waals surface area contributed by atoms with Crippen LogP contribution < -0.4 is 4.90 Å². The first-order chi connectivity index (χ1) is 17.4. The van der Waals surface area contributed by atoms with E-state index in [-0.39, 0.29) is 36.6 Å². The number of nitrogens with zero attached hydrogens (tertiary/aromatic N) is 3. The van der Waals surface area contributed by atoms with E-state index in [0.29, 0.717) is 12.8 Å². The predicted octanol–water partition coefficient (Wildman–Crippen LogP) is 4.88. The Bertz CT molecular complexity index is 1260. The second-order valence-corrected chi connectivity index (χ2v) is 9.99. The summed E-state index contributed by atoms with van der Waals surface area (Å²) in [5.41, 5.74) is 4.63. The second kappa shape index (κ2) is 9.93. The van der Waals surface area contributed by atoms with Gasteiger partial charge in [-0.15, -0.1) is 0 Å². The Balaban J connectivity index is 1.67. The number of aromatic nitrogens is 2. The molecule has 2 aromatic carbocycles. The molecular weight excluding hydrogens is 458 g/mol. The third-order valence-electron chi connectivity index (χ3n) is 7.96. The minimum absolute atomic E-state index is 0.0183. The maximum atomic E-state index is 12.6. The zero-order valence-electron chi connectivity index (χ0n) is 20.8. The highest BCUT2D eigenvalue weighted by Gasteiger charge is 2.35. The average Bonchev–Trinajstić information content (AvgIpc) is 3.28. The van der Waals surface area contributed by atoms with Crippen LogP contribution in [0.25, 0.3) is 11.0 Å². The van der Waals surface area contributed by atoms with E-state index < -0.39 is 5.97 Å². The van der Waals surface area contributed by atoms with E-state index in [2.05, 4.69) is 4.57 Å². The van der Waals surface area contributed by atoms with Crippen molar-refractivity contribution in [3.63, 3.8) is 0 Å². The SMILES string of the molecule is COC(=O)N1c2ccc3c(nc([C@@H](CO)c4ccccc4)n3C3CCC(C(=O)O)CC3)c2CC[C@@H]1C. The van der Waals surface area contributed by atoms with E-state index in [0.717, 1.165) is 59.4 Å². The summed E-state index contributed by atoms with van der Waals surface area (Å²) in [6.07, 6.45) is 3.93. The van der Waals surface area contributed by atoms with Gasteiger partial charge in [-0.05, 0) is 63.1 Å². The summed E-state index contributed by atoms with van der Waals surface area (Å²) in [4.78, 5) is 31.0. The fourth-order valence-electron chi connectivity index (χ4n) is 6.02. The molecule has 0 unspecified atom stereocenters. The van der Waals surface area contributed by atoms with Gasteiger partial charge in [-0.1, -0.05) is 30.3 Å². The smallest absolute Gasteiger partial charge is 0.414 e. The highest BCUT2D eigenvalue weighted by atomic mass is 16.5. The van der Waals surface area contributed by atoms with E-state index in [9.17, 15) is 19.8 Å². The summed E-state index contributed by atoms with van der Waals surface area (Å²) in [5, 5.41) is 20.0. The molecule has 1 amide bonds. The van der Waals surface area contributed by atoms with Crippen molar-refractivity contribution in [3.05, 3.63) is 59.4 Å². The van der Waals surface area contributed by atoms with Gasteiger partial charge in [0.1, 0.15) is 5.82 Å². The van der Waals surface area contributed by atoms with E-state index in [1.807, 2.05) is 49.4 Å². The molecule has 1 fully saturated rings. The molecule has 0 radical (unpaired) electrons. The van der Waals surface area contributed by atoms with Crippen LogP contribution in [0.5, 0.6) is 0 Å². The first kappa shape index (κ1) is 24.3. The highest BCUT2D eigenvalue weighted by molar-refractivity contribution is 5.95. The number of aryl methyl sites for hydroxylation is 1. The lowest BCUT2D eigenvalue weighted by Gasteiger charge is -2.34. The number of aliphatic hydroxyl groups is 1. The number of carboxylic acid groups (broad SMARTS) is 1. The number of amides is 1. The average molecular weight is 492 g/mol. The van der Waals surface area contributed by atoms with Gasteiger partial charge in [0.15, 0.2) is 0 Å². The minimum Gasteiger partial charge on any atom is -0.481 e. The molecule has 2 heterocycles. The number of hydrogen-bond donors (Lipinski definition) is 2. The number of imidazole rings is 1. The molecule has 2 atom stereocenters. The summed E-state index contributed by atoms with van der Waals surface area (Å²) in [7, 11) is 1.40. The zero-order chi connectivity index (χ0) is 25.4. The van der Waals surface area contributed by atoms with Crippen molar-refractivity contribution in [2.24, 2.45) is 5.92 Å². The number of carbonyl (C=O) groups excluding carboxylic acids is 1. The first-order valence-corrected chi connectivity index (χ1v) is 12.7. The molecule has 5 rings (SSSR count). The van der Waals surface area contributed by atoms with Gasteiger partial charge >= 0.3 is 12.1 Å². The number of fused-ring (bicyclic) bond motifs is 3. The second-order valence-electron chi connectivity index (χ2n) is 9.99. The molecule has 36 heavy (non-hydrogen) atoms. The summed E-state index contributed by atoms with van der Waals surface area (Å²) >= 11 is 0. The van der Waals surface area contributed by atoms with Gasteiger partial charge in [-0.2, -0.15) is 0 Å². The number of anilines is 1. The summed E-state index contributed by atoms with van der Waals surface area (Å²) in [6, 6.07) is 14.0. The van der Waals surface area contributed by atoms with Crippen LogP contribution in [0.4, 0.5) is 10.5 Å². The molecule has 1 aliphatic carbocycles. The molecule has 0 bridgehead atoms. The van der Waals surface area contributed by atoms with Crippen molar-refractivity contribution in [2.75, 3.05) is 18.6 Å². The Morgan fingerprint density at radius 3 is 2.44 bits per heavy atom. The number of aliphatic carboxylic acids is 1.